The first-order chi connectivity index (χ1) is 7.28. The Morgan fingerprint density at radius 3 is 2.73 bits per heavy atom. The van der Waals surface area contributed by atoms with Gasteiger partial charge in [-0.3, -0.25) is 0 Å². The van der Waals surface area contributed by atoms with Crippen LogP contribution in [0.15, 0.2) is 16.5 Å². The van der Waals surface area contributed by atoms with Crippen molar-refractivity contribution in [3.8, 4) is 0 Å². The van der Waals surface area contributed by atoms with E-state index in [0.717, 1.165) is 36.7 Å². The smallest absolute Gasteiger partial charge is 0.166 e. The normalized spacial score (nSPS) is 11.1. The summed E-state index contributed by atoms with van der Waals surface area (Å²) >= 11 is 1.45. The van der Waals surface area contributed by atoms with E-state index in [1.54, 1.807) is 6.07 Å². The van der Waals surface area contributed by atoms with Crippen molar-refractivity contribution in [2.45, 2.75) is 17.6 Å². The van der Waals surface area contributed by atoms with Gasteiger partial charge in [-0.05, 0) is 28.4 Å². The van der Waals surface area contributed by atoms with Gasteiger partial charge in [0.2, 0.25) is 0 Å². The van der Waals surface area contributed by atoms with Gasteiger partial charge in [0, 0.05) is 16.5 Å². The second kappa shape index (κ2) is 4.67. The van der Waals surface area contributed by atoms with Crippen LogP contribution in [0.25, 0.3) is 10.2 Å². The van der Waals surface area contributed by atoms with Gasteiger partial charge in [0.25, 0.3) is 0 Å². The highest BCUT2D eigenvalue weighted by molar-refractivity contribution is 8.22. The zero-order valence-corrected chi connectivity index (χ0v) is 9.99. The maximum absolute atomic E-state index is 9.18. The van der Waals surface area contributed by atoms with E-state index >= 15 is 0 Å². The van der Waals surface area contributed by atoms with E-state index in [2.05, 4.69) is 4.98 Å². The predicted molar refractivity (Wildman–Crippen MR) is 63.2 cm³/mol. The molecule has 0 bridgehead atoms. The molecule has 1 heterocycles. The van der Waals surface area contributed by atoms with Crippen LogP contribution < -0.4 is 0 Å². The maximum atomic E-state index is 9.18. The van der Waals surface area contributed by atoms with Crippen molar-refractivity contribution < 1.29 is 10.2 Å². The molecule has 1 aromatic heterocycles. The van der Waals surface area contributed by atoms with Crippen LogP contribution in [0.4, 0.5) is 0 Å². The van der Waals surface area contributed by atoms with Crippen molar-refractivity contribution >= 4 is 43.2 Å². The largest absolute Gasteiger partial charge is 0.392 e. The lowest BCUT2D eigenvalue weighted by atomic mass is 10.1. The van der Waals surface area contributed by atoms with E-state index in [9.17, 15) is 5.11 Å². The molecule has 0 aliphatic carbocycles. The van der Waals surface area contributed by atoms with Gasteiger partial charge in [-0.15, -0.1) is 11.3 Å². The maximum Gasteiger partial charge on any atom is 0.166 e. The highest BCUT2D eigenvalue weighted by Crippen LogP contribution is 2.33. The average Bonchev–Trinajstić information content (AvgIpc) is 2.70. The summed E-state index contributed by atoms with van der Waals surface area (Å²) in [5.74, 6) is 0. The number of thiazole rings is 1. The summed E-state index contributed by atoms with van der Waals surface area (Å²) in [4.78, 5) is 4.29. The Balaban J connectivity index is 2.66. The van der Waals surface area contributed by atoms with Crippen molar-refractivity contribution in [2.24, 2.45) is 0 Å². The standard InChI is InChI=1S/C9H8ClNO2S2/c10-15-9-11-8-6(4-13)1-5(3-12)2-7(8)14-9/h1-2,12-13H,3-4H2. The number of halogens is 1. The molecule has 15 heavy (non-hydrogen) atoms. The Bertz CT molecular complexity index is 486. The SMILES string of the molecule is OCc1cc(CO)c2nc(SCl)sc2c1. The second-order valence-corrected chi connectivity index (χ2v) is 5.27. The third kappa shape index (κ3) is 2.11. The molecular weight excluding hydrogens is 254 g/mol. The molecule has 0 fully saturated rings. The van der Waals surface area contributed by atoms with Crippen molar-refractivity contribution in [1.82, 2.24) is 4.98 Å². The first kappa shape index (κ1) is 11.2. The number of rotatable bonds is 3. The molecule has 0 unspecified atom stereocenters. The average molecular weight is 262 g/mol. The van der Waals surface area contributed by atoms with Crippen molar-refractivity contribution in [2.75, 3.05) is 0 Å². The molecule has 0 atom stereocenters. The van der Waals surface area contributed by atoms with Gasteiger partial charge in [0.15, 0.2) is 4.34 Å². The van der Waals surface area contributed by atoms with Crippen molar-refractivity contribution in [3.05, 3.63) is 23.3 Å². The lowest BCUT2D eigenvalue weighted by molar-refractivity contribution is 0.276. The summed E-state index contributed by atoms with van der Waals surface area (Å²) < 4.78 is 1.69. The van der Waals surface area contributed by atoms with Crippen molar-refractivity contribution in [1.29, 1.82) is 0 Å². The quantitative estimate of drug-likeness (QED) is 0.892. The van der Waals surface area contributed by atoms with Gasteiger partial charge in [-0.1, -0.05) is 0 Å². The molecule has 1 aromatic carbocycles. The minimum atomic E-state index is -0.0829. The third-order valence-electron chi connectivity index (χ3n) is 2.03. The molecule has 0 saturated carbocycles. The fourth-order valence-corrected chi connectivity index (χ4v) is 3.10. The zero-order chi connectivity index (χ0) is 10.8. The number of hydrogen-bond donors (Lipinski definition) is 2. The molecule has 2 rings (SSSR count). The molecule has 0 spiro atoms. The summed E-state index contributed by atoms with van der Waals surface area (Å²) in [6, 6.07) is 3.62. The minimum Gasteiger partial charge on any atom is -0.392 e. The number of aromatic nitrogens is 1. The Kier molecular flexibility index (Phi) is 3.48. The number of aliphatic hydroxyl groups excluding tert-OH is 2. The van der Waals surface area contributed by atoms with Gasteiger partial charge >= 0.3 is 0 Å². The molecule has 3 nitrogen and oxygen atoms in total. The minimum absolute atomic E-state index is 0.0375. The number of benzene rings is 1. The lowest BCUT2D eigenvalue weighted by Crippen LogP contribution is -1.90. The van der Waals surface area contributed by atoms with E-state index in [-0.39, 0.29) is 13.2 Å². The van der Waals surface area contributed by atoms with Gasteiger partial charge < -0.3 is 10.2 Å². The molecule has 80 valence electrons. The molecular formula is C9H8ClNO2S2. The van der Waals surface area contributed by atoms with E-state index in [4.69, 9.17) is 15.8 Å². The molecule has 6 heteroatoms. The molecule has 0 aliphatic heterocycles. The molecule has 0 aliphatic rings. The Morgan fingerprint density at radius 2 is 2.13 bits per heavy atom. The van der Waals surface area contributed by atoms with E-state index in [1.807, 2.05) is 6.07 Å². The van der Waals surface area contributed by atoms with Gasteiger partial charge in [0.05, 0.1) is 23.4 Å². The third-order valence-corrected chi connectivity index (χ3v) is 4.27. The Hall–Kier alpha value is -0.330. The first-order valence-electron chi connectivity index (χ1n) is 4.21. The summed E-state index contributed by atoms with van der Waals surface area (Å²) in [6.45, 7) is -0.120. The van der Waals surface area contributed by atoms with E-state index in [0.29, 0.717) is 0 Å². The number of fused-ring (bicyclic) bond motifs is 1. The topological polar surface area (TPSA) is 53.4 Å². The summed E-state index contributed by atoms with van der Waals surface area (Å²) in [6.07, 6.45) is 0. The lowest BCUT2D eigenvalue weighted by Gasteiger charge is -2.01. The molecule has 2 aromatic rings. The first-order valence-corrected chi connectivity index (χ1v) is 6.67. The summed E-state index contributed by atoms with van der Waals surface area (Å²) in [7, 11) is 6.68. The summed E-state index contributed by atoms with van der Waals surface area (Å²) in [5.41, 5.74) is 2.27. The number of nitrogens with zero attached hydrogens (tertiary/aromatic N) is 1. The molecule has 0 saturated heterocycles. The van der Waals surface area contributed by atoms with Crippen molar-refractivity contribution in [3.63, 3.8) is 0 Å². The second-order valence-electron chi connectivity index (χ2n) is 2.97. The summed E-state index contributed by atoms with van der Waals surface area (Å²) in [5, 5.41) is 18.2. The molecule has 0 radical (unpaired) electrons. The highest BCUT2D eigenvalue weighted by Gasteiger charge is 2.09. The Morgan fingerprint density at radius 1 is 1.33 bits per heavy atom. The van der Waals surface area contributed by atoms with Crippen LogP contribution in [0.2, 0.25) is 0 Å². The van der Waals surface area contributed by atoms with Gasteiger partial charge in [-0.2, -0.15) is 0 Å². The number of hydrogen-bond acceptors (Lipinski definition) is 5. The van der Waals surface area contributed by atoms with Crippen LogP contribution in [0, 0.1) is 0 Å². The fourth-order valence-electron chi connectivity index (χ4n) is 1.39. The van der Waals surface area contributed by atoms with Crippen LogP contribution in [0.3, 0.4) is 0 Å². The zero-order valence-electron chi connectivity index (χ0n) is 7.61. The van der Waals surface area contributed by atoms with Gasteiger partial charge in [-0.25, -0.2) is 4.98 Å². The monoisotopic (exact) mass is 261 g/mol. The Labute approximate surface area is 99.2 Å². The molecule has 0 amide bonds. The number of aliphatic hydroxyl groups is 2. The van der Waals surface area contributed by atoms with Crippen LogP contribution in [-0.4, -0.2) is 15.2 Å². The van der Waals surface area contributed by atoms with Gasteiger partial charge in [0.1, 0.15) is 0 Å². The molecule has 2 N–H and O–H groups in total. The van der Waals surface area contributed by atoms with Crippen LogP contribution in [0.5, 0.6) is 0 Å². The van der Waals surface area contributed by atoms with Crippen LogP contribution in [0.1, 0.15) is 11.1 Å². The van der Waals surface area contributed by atoms with Crippen LogP contribution >= 0.6 is 33.0 Å². The van der Waals surface area contributed by atoms with Crippen LogP contribution in [-0.2, 0) is 13.2 Å². The van der Waals surface area contributed by atoms with E-state index < -0.39 is 0 Å². The van der Waals surface area contributed by atoms with E-state index in [1.165, 1.54) is 11.3 Å². The predicted octanol–water partition coefficient (Wildman–Crippen LogP) is 2.53. The fraction of sp³-hybridized carbons (Fsp3) is 0.222. The highest BCUT2D eigenvalue weighted by atomic mass is 35.7.